The zero-order valence-electron chi connectivity index (χ0n) is 7.77. The number of pyridine rings is 1. The number of fused-ring (bicyclic) bond motifs is 1. The Morgan fingerprint density at radius 3 is 2.80 bits per heavy atom. The second kappa shape index (κ2) is 4.14. The molecule has 4 heteroatoms. The normalized spacial score (nSPS) is 10.5. The van der Waals surface area contributed by atoms with Crippen molar-refractivity contribution in [3.05, 3.63) is 41.6 Å². The van der Waals surface area contributed by atoms with Crippen molar-refractivity contribution in [2.45, 2.75) is 4.43 Å². The van der Waals surface area contributed by atoms with Crippen LogP contribution in [0.25, 0.3) is 10.9 Å². The molecular formula is C11H8INO2. The lowest BCUT2D eigenvalue weighted by atomic mass is 10.1. The second-order valence-corrected chi connectivity index (χ2v) is 3.93. The largest absolute Gasteiger partial charge is 0.477 e. The van der Waals surface area contributed by atoms with Crippen molar-refractivity contribution in [2.24, 2.45) is 0 Å². The number of carboxylic acid groups (broad SMARTS) is 1. The SMILES string of the molecule is O=C(O)c1ccc2cc(CI)ccc2n1. The summed E-state index contributed by atoms with van der Waals surface area (Å²) in [7, 11) is 0. The van der Waals surface area contributed by atoms with Gasteiger partial charge < -0.3 is 5.11 Å². The predicted octanol–water partition coefficient (Wildman–Crippen LogP) is 2.87. The van der Waals surface area contributed by atoms with Gasteiger partial charge in [-0.1, -0.05) is 34.7 Å². The maximum absolute atomic E-state index is 10.7. The molecule has 0 radical (unpaired) electrons. The van der Waals surface area contributed by atoms with E-state index in [9.17, 15) is 4.79 Å². The van der Waals surface area contributed by atoms with Crippen LogP contribution in [-0.4, -0.2) is 16.1 Å². The lowest BCUT2D eigenvalue weighted by Gasteiger charge is -2.01. The molecule has 1 aromatic carbocycles. The number of hydrogen-bond donors (Lipinski definition) is 1. The van der Waals surface area contributed by atoms with Gasteiger partial charge in [0.2, 0.25) is 0 Å². The fourth-order valence-electron chi connectivity index (χ4n) is 1.38. The summed E-state index contributed by atoms with van der Waals surface area (Å²) in [4.78, 5) is 14.8. The quantitative estimate of drug-likeness (QED) is 0.685. The smallest absolute Gasteiger partial charge is 0.354 e. The van der Waals surface area contributed by atoms with Gasteiger partial charge in [0.25, 0.3) is 0 Å². The van der Waals surface area contributed by atoms with Gasteiger partial charge in [-0.25, -0.2) is 9.78 Å². The van der Waals surface area contributed by atoms with Crippen molar-refractivity contribution in [3.63, 3.8) is 0 Å². The van der Waals surface area contributed by atoms with Crippen molar-refractivity contribution in [3.8, 4) is 0 Å². The molecule has 2 rings (SSSR count). The molecule has 2 aromatic rings. The van der Waals surface area contributed by atoms with Crippen LogP contribution in [0.15, 0.2) is 30.3 Å². The molecule has 3 nitrogen and oxygen atoms in total. The third-order valence-electron chi connectivity index (χ3n) is 2.13. The van der Waals surface area contributed by atoms with Crippen LogP contribution in [0.4, 0.5) is 0 Å². The fraction of sp³-hybridized carbons (Fsp3) is 0.0909. The number of benzene rings is 1. The number of alkyl halides is 1. The monoisotopic (exact) mass is 313 g/mol. The molecule has 0 bridgehead atoms. The molecule has 15 heavy (non-hydrogen) atoms. The van der Waals surface area contributed by atoms with Crippen LogP contribution in [0, 0.1) is 0 Å². The fourth-order valence-corrected chi connectivity index (χ4v) is 1.85. The molecule has 0 saturated heterocycles. The molecule has 76 valence electrons. The predicted molar refractivity (Wildman–Crippen MR) is 66.4 cm³/mol. The van der Waals surface area contributed by atoms with Crippen LogP contribution >= 0.6 is 22.6 Å². The maximum atomic E-state index is 10.7. The van der Waals surface area contributed by atoms with E-state index < -0.39 is 5.97 Å². The van der Waals surface area contributed by atoms with Crippen molar-refractivity contribution in [1.29, 1.82) is 0 Å². The molecular weight excluding hydrogens is 305 g/mol. The Kier molecular flexibility index (Phi) is 2.86. The second-order valence-electron chi connectivity index (χ2n) is 3.16. The molecule has 0 aliphatic rings. The van der Waals surface area contributed by atoms with Crippen LogP contribution in [0.1, 0.15) is 16.1 Å². The molecule has 0 unspecified atom stereocenters. The summed E-state index contributed by atoms with van der Waals surface area (Å²) in [5, 5.41) is 9.76. The van der Waals surface area contributed by atoms with Crippen LogP contribution in [0.2, 0.25) is 0 Å². The molecule has 1 heterocycles. The first-order valence-corrected chi connectivity index (χ1v) is 5.92. The molecule has 0 amide bonds. The van der Waals surface area contributed by atoms with Crippen molar-refractivity contribution < 1.29 is 9.90 Å². The first-order chi connectivity index (χ1) is 7.20. The minimum absolute atomic E-state index is 0.0877. The Hall–Kier alpha value is -1.17. The van der Waals surface area contributed by atoms with Gasteiger partial charge >= 0.3 is 5.97 Å². The number of hydrogen-bond acceptors (Lipinski definition) is 2. The highest BCUT2D eigenvalue weighted by Crippen LogP contribution is 2.16. The van der Waals surface area contributed by atoms with Crippen molar-refractivity contribution >= 4 is 39.5 Å². The molecule has 1 aromatic heterocycles. The Morgan fingerprint density at radius 1 is 1.33 bits per heavy atom. The maximum Gasteiger partial charge on any atom is 0.354 e. The average Bonchev–Trinajstić information content (AvgIpc) is 2.27. The lowest BCUT2D eigenvalue weighted by molar-refractivity contribution is 0.0691. The molecule has 0 atom stereocenters. The number of aromatic nitrogens is 1. The van der Waals surface area contributed by atoms with Gasteiger partial charge in [-0.2, -0.15) is 0 Å². The van der Waals surface area contributed by atoms with Crippen molar-refractivity contribution in [1.82, 2.24) is 4.98 Å². The molecule has 0 aliphatic carbocycles. The van der Waals surface area contributed by atoms with E-state index in [2.05, 4.69) is 27.6 Å². The third kappa shape index (κ3) is 2.09. The van der Waals surface area contributed by atoms with E-state index in [1.165, 1.54) is 11.6 Å². The Morgan fingerprint density at radius 2 is 2.13 bits per heavy atom. The van der Waals surface area contributed by atoms with Gasteiger partial charge in [-0.3, -0.25) is 0 Å². The highest BCUT2D eigenvalue weighted by atomic mass is 127. The minimum Gasteiger partial charge on any atom is -0.477 e. The molecule has 1 N–H and O–H groups in total. The van der Waals surface area contributed by atoms with Crippen LogP contribution in [0.5, 0.6) is 0 Å². The molecule has 0 aliphatic heterocycles. The summed E-state index contributed by atoms with van der Waals surface area (Å²) >= 11 is 2.29. The van der Waals surface area contributed by atoms with E-state index in [-0.39, 0.29) is 5.69 Å². The number of rotatable bonds is 2. The van der Waals surface area contributed by atoms with E-state index in [0.717, 1.165) is 15.3 Å². The summed E-state index contributed by atoms with van der Waals surface area (Å²) in [6.07, 6.45) is 0. The van der Waals surface area contributed by atoms with Crippen LogP contribution < -0.4 is 0 Å². The highest BCUT2D eigenvalue weighted by molar-refractivity contribution is 14.1. The van der Waals surface area contributed by atoms with E-state index in [1.807, 2.05) is 18.2 Å². The Balaban J connectivity index is 2.59. The first-order valence-electron chi connectivity index (χ1n) is 4.39. The Labute approximate surface area is 100 Å². The molecule has 0 spiro atoms. The summed E-state index contributed by atoms with van der Waals surface area (Å²) in [6, 6.07) is 9.17. The lowest BCUT2D eigenvalue weighted by Crippen LogP contribution is -1.99. The summed E-state index contributed by atoms with van der Waals surface area (Å²) in [6.45, 7) is 0. The molecule has 0 fully saturated rings. The standard InChI is InChI=1S/C11H8INO2/c12-6-7-1-3-9-8(5-7)2-4-10(13-9)11(14)15/h1-5H,6H2,(H,14,15). The van der Waals surface area contributed by atoms with Gasteiger partial charge in [0.1, 0.15) is 5.69 Å². The first kappa shape index (κ1) is 10.4. The molecule has 0 saturated carbocycles. The topological polar surface area (TPSA) is 50.2 Å². The van der Waals surface area contributed by atoms with E-state index >= 15 is 0 Å². The minimum atomic E-state index is -0.991. The number of carboxylic acids is 1. The zero-order chi connectivity index (χ0) is 10.8. The van der Waals surface area contributed by atoms with Gasteiger partial charge in [-0.15, -0.1) is 0 Å². The number of carbonyl (C=O) groups is 1. The van der Waals surface area contributed by atoms with E-state index in [1.54, 1.807) is 6.07 Å². The number of halogens is 1. The van der Waals surface area contributed by atoms with Crippen molar-refractivity contribution in [2.75, 3.05) is 0 Å². The van der Waals surface area contributed by atoms with E-state index in [4.69, 9.17) is 5.11 Å². The Bertz CT molecular complexity index is 525. The van der Waals surface area contributed by atoms with Crippen LogP contribution in [-0.2, 0) is 4.43 Å². The number of nitrogens with zero attached hydrogens (tertiary/aromatic N) is 1. The van der Waals surface area contributed by atoms with Gasteiger partial charge in [0, 0.05) is 9.81 Å². The summed E-state index contributed by atoms with van der Waals surface area (Å²) in [5.41, 5.74) is 2.03. The zero-order valence-corrected chi connectivity index (χ0v) is 9.93. The van der Waals surface area contributed by atoms with Gasteiger partial charge in [0.15, 0.2) is 0 Å². The number of aromatic carboxylic acids is 1. The van der Waals surface area contributed by atoms with Crippen LogP contribution in [0.3, 0.4) is 0 Å². The average molecular weight is 313 g/mol. The third-order valence-corrected chi connectivity index (χ3v) is 3.01. The highest BCUT2D eigenvalue weighted by Gasteiger charge is 2.05. The van der Waals surface area contributed by atoms with Gasteiger partial charge in [0.05, 0.1) is 5.52 Å². The van der Waals surface area contributed by atoms with E-state index in [0.29, 0.717) is 0 Å². The summed E-state index contributed by atoms with van der Waals surface area (Å²) < 4.78 is 0.939. The summed E-state index contributed by atoms with van der Waals surface area (Å²) in [5.74, 6) is -0.991. The van der Waals surface area contributed by atoms with Gasteiger partial charge in [-0.05, 0) is 23.8 Å².